The van der Waals surface area contributed by atoms with Gasteiger partial charge in [0.05, 0.1) is 11.3 Å². The van der Waals surface area contributed by atoms with E-state index in [1.807, 2.05) is 41.3 Å². The number of anilines is 1. The highest BCUT2D eigenvalue weighted by Crippen LogP contribution is 2.49. The number of nitrogens with one attached hydrogen (secondary N) is 1. The highest BCUT2D eigenvalue weighted by molar-refractivity contribution is 5.68. The van der Waals surface area contributed by atoms with Gasteiger partial charge in [-0.25, -0.2) is 0 Å². The van der Waals surface area contributed by atoms with Crippen molar-refractivity contribution in [3.05, 3.63) is 64.7 Å². The molecule has 0 amide bonds. The average Bonchev–Trinajstić information content (AvgIpc) is 2.88. The molecule has 2 aromatic rings. The van der Waals surface area contributed by atoms with Crippen molar-refractivity contribution in [1.29, 1.82) is 0 Å². The van der Waals surface area contributed by atoms with Gasteiger partial charge in [0.15, 0.2) is 0 Å². The van der Waals surface area contributed by atoms with Crippen LogP contribution >= 0.6 is 0 Å². The number of nitrogens with zero attached hydrogens (tertiary/aromatic N) is 1. The lowest BCUT2D eigenvalue weighted by Crippen LogP contribution is -2.42. The molecule has 2 aromatic carbocycles. The Labute approximate surface area is 145 Å². The number of piperidine rings is 1. The molecular weight excluding hydrogens is 325 g/mol. The van der Waals surface area contributed by atoms with Crippen molar-refractivity contribution in [3.8, 4) is 0 Å². The van der Waals surface area contributed by atoms with E-state index < -0.39 is 11.7 Å². The van der Waals surface area contributed by atoms with Gasteiger partial charge >= 0.3 is 6.18 Å². The maximum absolute atomic E-state index is 13.8. The molecule has 1 fully saturated rings. The van der Waals surface area contributed by atoms with Crippen LogP contribution in [0.1, 0.15) is 34.6 Å². The standard InChI is InChI=1S/C20H21F3N2/c1-25-18-7-8-24-12-16(18)15-10-14(9-13-5-3-2-4-6-13)11-17(19(15)25)20(21,22)23/h2-6,10-11,16,18,24H,7-9,12H2,1H3/t16-,18-/m0/s1. The second kappa shape index (κ2) is 6.06. The molecule has 0 spiro atoms. The van der Waals surface area contributed by atoms with Crippen molar-refractivity contribution in [3.63, 3.8) is 0 Å². The maximum atomic E-state index is 13.8. The van der Waals surface area contributed by atoms with Crippen LogP contribution in [0.3, 0.4) is 0 Å². The third kappa shape index (κ3) is 2.91. The molecule has 2 atom stereocenters. The molecule has 0 bridgehead atoms. The minimum Gasteiger partial charge on any atom is -0.370 e. The third-order valence-corrected chi connectivity index (χ3v) is 5.45. The van der Waals surface area contributed by atoms with Gasteiger partial charge in [-0.05, 0) is 42.1 Å². The first kappa shape index (κ1) is 16.5. The Morgan fingerprint density at radius 1 is 1.12 bits per heavy atom. The molecule has 2 aliphatic heterocycles. The molecule has 0 radical (unpaired) electrons. The Balaban J connectivity index is 1.82. The molecule has 0 aromatic heterocycles. The summed E-state index contributed by atoms with van der Waals surface area (Å²) in [7, 11) is 1.81. The van der Waals surface area contributed by atoms with Crippen LogP contribution in [0.4, 0.5) is 18.9 Å². The van der Waals surface area contributed by atoms with Gasteiger partial charge in [0.1, 0.15) is 0 Å². The topological polar surface area (TPSA) is 15.3 Å². The number of alkyl halides is 3. The molecule has 4 rings (SSSR count). The van der Waals surface area contributed by atoms with E-state index in [4.69, 9.17) is 0 Å². The fourth-order valence-electron chi connectivity index (χ4n) is 4.34. The number of rotatable bonds is 2. The first-order valence-electron chi connectivity index (χ1n) is 8.66. The highest BCUT2D eigenvalue weighted by atomic mass is 19.4. The van der Waals surface area contributed by atoms with E-state index in [1.165, 1.54) is 6.07 Å². The summed E-state index contributed by atoms with van der Waals surface area (Å²) in [5.74, 6) is 0.130. The lowest BCUT2D eigenvalue weighted by Gasteiger charge is -2.31. The minimum atomic E-state index is -4.34. The van der Waals surface area contributed by atoms with E-state index in [1.54, 1.807) is 7.05 Å². The van der Waals surface area contributed by atoms with Gasteiger partial charge in [-0.2, -0.15) is 13.2 Å². The van der Waals surface area contributed by atoms with Crippen molar-refractivity contribution in [2.24, 2.45) is 0 Å². The normalized spacial score (nSPS) is 22.6. The van der Waals surface area contributed by atoms with Gasteiger partial charge in [-0.15, -0.1) is 0 Å². The summed E-state index contributed by atoms with van der Waals surface area (Å²) in [6, 6.07) is 13.2. The molecule has 25 heavy (non-hydrogen) atoms. The zero-order valence-corrected chi connectivity index (χ0v) is 14.1. The van der Waals surface area contributed by atoms with Gasteiger partial charge < -0.3 is 10.2 Å². The van der Waals surface area contributed by atoms with Crippen molar-refractivity contribution in [2.75, 3.05) is 25.0 Å². The molecule has 2 nitrogen and oxygen atoms in total. The van der Waals surface area contributed by atoms with E-state index in [-0.39, 0.29) is 12.0 Å². The first-order chi connectivity index (χ1) is 11.9. The van der Waals surface area contributed by atoms with Crippen molar-refractivity contribution < 1.29 is 13.2 Å². The number of hydrogen-bond donors (Lipinski definition) is 1. The quantitative estimate of drug-likeness (QED) is 0.877. The van der Waals surface area contributed by atoms with Gasteiger partial charge in [0, 0.05) is 25.6 Å². The van der Waals surface area contributed by atoms with E-state index in [9.17, 15) is 13.2 Å². The Bertz CT molecular complexity index is 771. The van der Waals surface area contributed by atoms with Crippen LogP contribution in [0.25, 0.3) is 0 Å². The summed E-state index contributed by atoms with van der Waals surface area (Å²) in [6.07, 6.45) is -2.95. The highest BCUT2D eigenvalue weighted by Gasteiger charge is 2.44. The van der Waals surface area contributed by atoms with Crippen LogP contribution in [0.2, 0.25) is 0 Å². The van der Waals surface area contributed by atoms with E-state index >= 15 is 0 Å². The SMILES string of the molecule is CN1c2c(cc(Cc3ccccc3)cc2C(F)(F)F)[C@@H]2CNCC[C@@H]21. The molecule has 2 heterocycles. The van der Waals surface area contributed by atoms with Crippen LogP contribution in [-0.4, -0.2) is 26.2 Å². The summed E-state index contributed by atoms with van der Waals surface area (Å²) in [4.78, 5) is 1.86. The molecule has 132 valence electrons. The minimum absolute atomic E-state index is 0.130. The molecule has 0 saturated carbocycles. The summed E-state index contributed by atoms with van der Waals surface area (Å²) in [6.45, 7) is 1.60. The van der Waals surface area contributed by atoms with Crippen molar-refractivity contribution in [2.45, 2.75) is 31.0 Å². The fraction of sp³-hybridized carbons (Fsp3) is 0.400. The third-order valence-electron chi connectivity index (χ3n) is 5.45. The molecule has 1 saturated heterocycles. The summed E-state index contributed by atoms with van der Waals surface area (Å²) in [5.41, 5.74) is 2.49. The van der Waals surface area contributed by atoms with Crippen LogP contribution < -0.4 is 10.2 Å². The zero-order valence-electron chi connectivity index (χ0n) is 14.1. The molecule has 1 N–H and O–H groups in total. The van der Waals surface area contributed by atoms with Gasteiger partial charge in [0.2, 0.25) is 0 Å². The van der Waals surface area contributed by atoms with Gasteiger partial charge in [-0.3, -0.25) is 0 Å². The molecule has 0 aliphatic carbocycles. The average molecular weight is 346 g/mol. The Morgan fingerprint density at radius 2 is 1.88 bits per heavy atom. The Kier molecular flexibility index (Phi) is 3.99. The van der Waals surface area contributed by atoms with E-state index in [0.717, 1.165) is 36.2 Å². The van der Waals surface area contributed by atoms with Gasteiger partial charge in [0.25, 0.3) is 0 Å². The second-order valence-electron chi connectivity index (χ2n) is 7.02. The van der Waals surface area contributed by atoms with E-state index in [0.29, 0.717) is 12.1 Å². The van der Waals surface area contributed by atoms with Crippen LogP contribution in [0.15, 0.2) is 42.5 Å². The lowest BCUT2D eigenvalue weighted by molar-refractivity contribution is -0.137. The monoisotopic (exact) mass is 346 g/mol. The first-order valence-corrected chi connectivity index (χ1v) is 8.66. The fourth-order valence-corrected chi connectivity index (χ4v) is 4.34. The molecule has 0 unspecified atom stereocenters. The van der Waals surface area contributed by atoms with E-state index in [2.05, 4.69) is 5.32 Å². The van der Waals surface area contributed by atoms with Crippen LogP contribution in [0, 0.1) is 0 Å². The largest absolute Gasteiger partial charge is 0.418 e. The number of halogens is 3. The smallest absolute Gasteiger partial charge is 0.370 e. The predicted octanol–water partition coefficient (Wildman–Crippen LogP) is 4.19. The molecular formula is C20H21F3N2. The number of fused-ring (bicyclic) bond motifs is 3. The Hall–Kier alpha value is -2.01. The van der Waals surface area contributed by atoms with Crippen molar-refractivity contribution >= 4 is 5.69 Å². The zero-order chi connectivity index (χ0) is 17.6. The predicted molar refractivity (Wildman–Crippen MR) is 93.1 cm³/mol. The summed E-state index contributed by atoms with van der Waals surface area (Å²) >= 11 is 0. The number of likely N-dealkylation sites (N-methyl/N-ethyl adjacent to an activating group) is 1. The Morgan fingerprint density at radius 3 is 2.60 bits per heavy atom. The molecule has 2 aliphatic rings. The summed E-state index contributed by atoms with van der Waals surface area (Å²) in [5, 5.41) is 3.34. The van der Waals surface area contributed by atoms with Gasteiger partial charge in [-0.1, -0.05) is 36.4 Å². The number of benzene rings is 2. The number of hydrogen-bond acceptors (Lipinski definition) is 2. The van der Waals surface area contributed by atoms with Crippen molar-refractivity contribution in [1.82, 2.24) is 5.32 Å². The summed E-state index contributed by atoms with van der Waals surface area (Å²) < 4.78 is 41.3. The van der Waals surface area contributed by atoms with Crippen LogP contribution in [-0.2, 0) is 12.6 Å². The van der Waals surface area contributed by atoms with Crippen LogP contribution in [0.5, 0.6) is 0 Å². The maximum Gasteiger partial charge on any atom is 0.418 e. The second-order valence-corrected chi connectivity index (χ2v) is 7.02. The molecule has 5 heteroatoms. The lowest BCUT2D eigenvalue weighted by atomic mass is 9.88.